The fourth-order valence-corrected chi connectivity index (χ4v) is 2.02. The summed E-state index contributed by atoms with van der Waals surface area (Å²) < 4.78 is 1.95. The summed E-state index contributed by atoms with van der Waals surface area (Å²) in [6.07, 6.45) is 6.01. The van der Waals surface area contributed by atoms with E-state index in [-0.39, 0.29) is 0 Å². The number of hydrogen-bond acceptors (Lipinski definition) is 3. The third-order valence-electron chi connectivity index (χ3n) is 2.73. The minimum atomic E-state index is 0.546. The van der Waals surface area contributed by atoms with Crippen molar-refractivity contribution in [2.45, 2.75) is 12.8 Å². The molecule has 4 nitrogen and oxygen atoms in total. The summed E-state index contributed by atoms with van der Waals surface area (Å²) >= 11 is 0. The maximum atomic E-state index is 10.8. The first-order valence-electron chi connectivity index (χ1n) is 4.86. The molecule has 0 fully saturated rings. The molecule has 0 amide bonds. The predicted octanol–water partition coefficient (Wildman–Crippen LogP) is 1.18. The number of pyridine rings is 1. The molecule has 0 radical (unpaired) electrons. The van der Waals surface area contributed by atoms with Gasteiger partial charge in [-0.2, -0.15) is 0 Å². The molecule has 0 atom stereocenters. The minimum Gasteiger partial charge on any atom is -0.301 e. The number of hydrogen-bond donors (Lipinski definition) is 0. The van der Waals surface area contributed by atoms with E-state index >= 15 is 0 Å². The predicted molar refractivity (Wildman–Crippen MR) is 54.2 cm³/mol. The molecule has 3 rings (SSSR count). The molecule has 15 heavy (non-hydrogen) atoms. The standard InChI is InChI=1S/C11H9N3O/c15-6-9-11-4-3-8-10(2-1-5-12-8)14(11)7-13-9/h1-2,5-7H,3-4H2. The van der Waals surface area contributed by atoms with Crippen molar-refractivity contribution in [1.29, 1.82) is 0 Å². The van der Waals surface area contributed by atoms with Crippen molar-refractivity contribution in [2.24, 2.45) is 0 Å². The van der Waals surface area contributed by atoms with E-state index in [4.69, 9.17) is 0 Å². The topological polar surface area (TPSA) is 47.8 Å². The van der Waals surface area contributed by atoms with Gasteiger partial charge in [0, 0.05) is 6.20 Å². The van der Waals surface area contributed by atoms with Crippen LogP contribution in [0.15, 0.2) is 24.7 Å². The molecule has 0 saturated carbocycles. The molecular weight excluding hydrogens is 190 g/mol. The monoisotopic (exact) mass is 199 g/mol. The summed E-state index contributed by atoms with van der Waals surface area (Å²) in [6, 6.07) is 3.90. The Morgan fingerprint density at radius 2 is 2.27 bits per heavy atom. The van der Waals surface area contributed by atoms with Crippen LogP contribution in [-0.2, 0) is 12.8 Å². The van der Waals surface area contributed by atoms with E-state index in [1.54, 1.807) is 12.5 Å². The van der Waals surface area contributed by atoms with Gasteiger partial charge in [-0.25, -0.2) is 4.98 Å². The highest BCUT2D eigenvalue weighted by Crippen LogP contribution is 2.23. The fourth-order valence-electron chi connectivity index (χ4n) is 2.02. The molecule has 0 aliphatic carbocycles. The van der Waals surface area contributed by atoms with Crippen LogP contribution in [0.25, 0.3) is 5.69 Å². The van der Waals surface area contributed by atoms with Crippen LogP contribution in [0, 0.1) is 0 Å². The van der Waals surface area contributed by atoms with Gasteiger partial charge in [0.15, 0.2) is 6.29 Å². The van der Waals surface area contributed by atoms with Gasteiger partial charge in [0.25, 0.3) is 0 Å². The number of nitrogens with zero attached hydrogens (tertiary/aromatic N) is 3. The second kappa shape index (κ2) is 3.02. The molecule has 0 unspecified atom stereocenters. The summed E-state index contributed by atoms with van der Waals surface area (Å²) in [5, 5.41) is 0. The van der Waals surface area contributed by atoms with Crippen LogP contribution < -0.4 is 0 Å². The summed E-state index contributed by atoms with van der Waals surface area (Å²) in [7, 11) is 0. The highest BCUT2D eigenvalue weighted by atomic mass is 16.1. The maximum absolute atomic E-state index is 10.8. The lowest BCUT2D eigenvalue weighted by Gasteiger charge is -2.17. The van der Waals surface area contributed by atoms with Gasteiger partial charge in [-0.1, -0.05) is 0 Å². The van der Waals surface area contributed by atoms with E-state index in [0.29, 0.717) is 5.69 Å². The van der Waals surface area contributed by atoms with Gasteiger partial charge in [-0.15, -0.1) is 0 Å². The second-order valence-electron chi connectivity index (χ2n) is 3.53. The van der Waals surface area contributed by atoms with Gasteiger partial charge in [0.05, 0.1) is 17.1 Å². The van der Waals surface area contributed by atoms with E-state index in [0.717, 1.165) is 36.2 Å². The number of rotatable bonds is 1. The molecule has 0 aromatic carbocycles. The molecule has 0 spiro atoms. The Balaban J connectivity index is 2.26. The van der Waals surface area contributed by atoms with Crippen molar-refractivity contribution in [1.82, 2.24) is 14.5 Å². The molecule has 2 aromatic rings. The highest BCUT2D eigenvalue weighted by Gasteiger charge is 2.19. The molecule has 0 bridgehead atoms. The lowest BCUT2D eigenvalue weighted by Crippen LogP contribution is -2.13. The second-order valence-corrected chi connectivity index (χ2v) is 3.53. The van der Waals surface area contributed by atoms with Crippen LogP contribution in [0.1, 0.15) is 21.9 Å². The maximum Gasteiger partial charge on any atom is 0.170 e. The van der Waals surface area contributed by atoms with Gasteiger partial charge in [0.1, 0.15) is 12.0 Å². The largest absolute Gasteiger partial charge is 0.301 e. The van der Waals surface area contributed by atoms with E-state index in [1.807, 2.05) is 16.7 Å². The zero-order valence-corrected chi connectivity index (χ0v) is 8.05. The normalized spacial score (nSPS) is 13.1. The SMILES string of the molecule is O=Cc1ncn2c1CCc1ncccc1-2. The molecule has 3 heterocycles. The molecule has 0 saturated heterocycles. The Labute approximate surface area is 86.6 Å². The molecular formula is C11H9N3O. The van der Waals surface area contributed by atoms with E-state index in [1.165, 1.54) is 0 Å². The summed E-state index contributed by atoms with van der Waals surface area (Å²) in [5.74, 6) is 0. The van der Waals surface area contributed by atoms with E-state index in [9.17, 15) is 4.79 Å². The Hall–Kier alpha value is -1.97. The first-order valence-corrected chi connectivity index (χ1v) is 4.86. The lowest BCUT2D eigenvalue weighted by molar-refractivity contribution is 0.111. The highest BCUT2D eigenvalue weighted by molar-refractivity contribution is 5.74. The average molecular weight is 199 g/mol. The summed E-state index contributed by atoms with van der Waals surface area (Å²) in [6.45, 7) is 0. The van der Waals surface area contributed by atoms with Crippen molar-refractivity contribution in [3.05, 3.63) is 41.7 Å². The molecule has 4 heteroatoms. The Morgan fingerprint density at radius 3 is 3.13 bits per heavy atom. The van der Waals surface area contributed by atoms with Crippen LogP contribution in [-0.4, -0.2) is 20.8 Å². The first-order chi connectivity index (χ1) is 7.40. The molecule has 0 N–H and O–H groups in total. The van der Waals surface area contributed by atoms with Crippen LogP contribution in [0.5, 0.6) is 0 Å². The molecule has 1 aliphatic rings. The summed E-state index contributed by atoms with van der Waals surface area (Å²) in [4.78, 5) is 19.2. The Kier molecular flexibility index (Phi) is 1.68. The van der Waals surface area contributed by atoms with Crippen molar-refractivity contribution in [2.75, 3.05) is 0 Å². The number of imidazole rings is 1. The van der Waals surface area contributed by atoms with Gasteiger partial charge in [0.2, 0.25) is 0 Å². The quantitative estimate of drug-likeness (QED) is 0.648. The van der Waals surface area contributed by atoms with E-state index in [2.05, 4.69) is 9.97 Å². The summed E-state index contributed by atoms with van der Waals surface area (Å²) in [5.41, 5.74) is 3.65. The molecule has 2 aromatic heterocycles. The minimum absolute atomic E-state index is 0.546. The van der Waals surface area contributed by atoms with Crippen molar-refractivity contribution in [3.63, 3.8) is 0 Å². The van der Waals surface area contributed by atoms with Crippen molar-refractivity contribution >= 4 is 6.29 Å². The van der Waals surface area contributed by atoms with Crippen molar-refractivity contribution in [3.8, 4) is 5.69 Å². The zero-order valence-electron chi connectivity index (χ0n) is 8.05. The van der Waals surface area contributed by atoms with Crippen LogP contribution >= 0.6 is 0 Å². The lowest BCUT2D eigenvalue weighted by atomic mass is 10.1. The number of fused-ring (bicyclic) bond motifs is 3. The number of aldehydes is 1. The first kappa shape index (κ1) is 8.35. The smallest absolute Gasteiger partial charge is 0.170 e. The van der Waals surface area contributed by atoms with Crippen LogP contribution in [0.4, 0.5) is 0 Å². The third kappa shape index (κ3) is 1.11. The number of carbonyl (C=O) groups excluding carboxylic acids is 1. The van der Waals surface area contributed by atoms with Crippen molar-refractivity contribution < 1.29 is 4.79 Å². The van der Waals surface area contributed by atoms with Gasteiger partial charge >= 0.3 is 0 Å². The third-order valence-corrected chi connectivity index (χ3v) is 2.73. The molecule has 74 valence electrons. The molecule has 1 aliphatic heterocycles. The Morgan fingerprint density at radius 1 is 1.33 bits per heavy atom. The van der Waals surface area contributed by atoms with Crippen LogP contribution in [0.2, 0.25) is 0 Å². The average Bonchev–Trinajstić information content (AvgIpc) is 2.72. The Bertz CT molecular complexity index is 530. The fraction of sp³-hybridized carbons (Fsp3) is 0.182. The number of aromatic nitrogens is 3. The van der Waals surface area contributed by atoms with Gasteiger partial charge in [-0.3, -0.25) is 9.78 Å². The van der Waals surface area contributed by atoms with E-state index < -0.39 is 0 Å². The number of carbonyl (C=O) groups is 1. The van der Waals surface area contributed by atoms with Crippen LogP contribution in [0.3, 0.4) is 0 Å². The van der Waals surface area contributed by atoms with Gasteiger partial charge < -0.3 is 4.57 Å². The zero-order chi connectivity index (χ0) is 10.3. The number of aryl methyl sites for hydroxylation is 1. The van der Waals surface area contributed by atoms with Gasteiger partial charge in [-0.05, 0) is 25.0 Å².